The minimum absolute atomic E-state index is 0.564. The first kappa shape index (κ1) is 20.4. The predicted molar refractivity (Wildman–Crippen MR) is 98.3 cm³/mol. The standard InChI is InChI=1S/C18H32N4O2/c1-4-6-11-23-13-14-24-12-10-21-18(19-5-2)22-15-17-16(3)8-7-9-20-17/h7-9H,4-6,10-15H2,1-3H3,(H2,19,21,22). The van der Waals surface area contributed by atoms with Crippen LogP contribution in [0.2, 0.25) is 0 Å². The molecular formula is C18H32N4O2. The van der Waals surface area contributed by atoms with Crippen LogP contribution in [0.4, 0.5) is 0 Å². The molecule has 24 heavy (non-hydrogen) atoms. The van der Waals surface area contributed by atoms with Crippen LogP contribution in [-0.2, 0) is 16.0 Å². The quantitative estimate of drug-likeness (QED) is 0.348. The van der Waals surface area contributed by atoms with Gasteiger partial charge in [-0.15, -0.1) is 0 Å². The van der Waals surface area contributed by atoms with E-state index in [1.54, 1.807) is 6.20 Å². The molecule has 0 aliphatic heterocycles. The molecule has 0 radical (unpaired) electrons. The monoisotopic (exact) mass is 336 g/mol. The smallest absolute Gasteiger partial charge is 0.191 e. The molecule has 0 unspecified atom stereocenters. The third-order valence-electron chi connectivity index (χ3n) is 3.40. The minimum Gasteiger partial charge on any atom is -0.379 e. The summed E-state index contributed by atoms with van der Waals surface area (Å²) in [7, 11) is 0. The van der Waals surface area contributed by atoms with Crippen molar-refractivity contribution in [1.82, 2.24) is 15.6 Å². The molecule has 6 heteroatoms. The van der Waals surface area contributed by atoms with Crippen LogP contribution < -0.4 is 10.6 Å². The highest BCUT2D eigenvalue weighted by atomic mass is 16.5. The van der Waals surface area contributed by atoms with Crippen molar-refractivity contribution in [3.63, 3.8) is 0 Å². The highest BCUT2D eigenvalue weighted by molar-refractivity contribution is 5.79. The Morgan fingerprint density at radius 2 is 1.92 bits per heavy atom. The molecule has 2 N–H and O–H groups in total. The summed E-state index contributed by atoms with van der Waals surface area (Å²) in [5.74, 6) is 0.783. The van der Waals surface area contributed by atoms with Gasteiger partial charge in [-0.1, -0.05) is 19.4 Å². The molecule has 0 amide bonds. The van der Waals surface area contributed by atoms with Crippen LogP contribution in [0.1, 0.15) is 37.9 Å². The van der Waals surface area contributed by atoms with Gasteiger partial charge in [0.2, 0.25) is 0 Å². The number of ether oxygens (including phenoxy) is 2. The highest BCUT2D eigenvalue weighted by Crippen LogP contribution is 2.04. The van der Waals surface area contributed by atoms with Crippen molar-refractivity contribution in [2.45, 2.75) is 40.2 Å². The van der Waals surface area contributed by atoms with Crippen LogP contribution in [0.3, 0.4) is 0 Å². The molecule has 136 valence electrons. The van der Waals surface area contributed by atoms with E-state index in [0.717, 1.165) is 43.2 Å². The number of guanidine groups is 1. The van der Waals surface area contributed by atoms with E-state index in [4.69, 9.17) is 9.47 Å². The van der Waals surface area contributed by atoms with Gasteiger partial charge in [0.1, 0.15) is 0 Å². The molecule has 1 rings (SSSR count). The van der Waals surface area contributed by atoms with Crippen molar-refractivity contribution >= 4 is 5.96 Å². The molecule has 0 aliphatic rings. The summed E-state index contributed by atoms with van der Waals surface area (Å²) in [5, 5.41) is 6.50. The lowest BCUT2D eigenvalue weighted by atomic mass is 10.2. The summed E-state index contributed by atoms with van der Waals surface area (Å²) < 4.78 is 11.0. The van der Waals surface area contributed by atoms with Gasteiger partial charge in [-0.3, -0.25) is 4.98 Å². The molecule has 0 saturated heterocycles. The van der Waals surface area contributed by atoms with Crippen LogP contribution in [-0.4, -0.2) is 50.5 Å². The molecule has 6 nitrogen and oxygen atoms in total. The number of aryl methyl sites for hydroxylation is 1. The first-order valence-electron chi connectivity index (χ1n) is 8.86. The van der Waals surface area contributed by atoms with E-state index in [9.17, 15) is 0 Å². The molecular weight excluding hydrogens is 304 g/mol. The third-order valence-corrected chi connectivity index (χ3v) is 3.40. The van der Waals surface area contributed by atoms with Crippen LogP contribution in [0.25, 0.3) is 0 Å². The van der Waals surface area contributed by atoms with E-state index in [0.29, 0.717) is 32.9 Å². The topological polar surface area (TPSA) is 67.8 Å². The van der Waals surface area contributed by atoms with E-state index < -0.39 is 0 Å². The summed E-state index contributed by atoms with van der Waals surface area (Å²) in [6, 6.07) is 3.99. The lowest BCUT2D eigenvalue weighted by molar-refractivity contribution is 0.0487. The minimum atomic E-state index is 0.564. The zero-order valence-electron chi connectivity index (χ0n) is 15.3. The second-order valence-corrected chi connectivity index (χ2v) is 5.47. The molecule has 1 aromatic heterocycles. The number of unbranched alkanes of at least 4 members (excludes halogenated alkanes) is 1. The van der Waals surface area contributed by atoms with Crippen molar-refractivity contribution in [2.75, 3.05) is 39.5 Å². The molecule has 0 bridgehead atoms. The van der Waals surface area contributed by atoms with E-state index in [1.165, 1.54) is 0 Å². The lowest BCUT2D eigenvalue weighted by Gasteiger charge is -2.12. The summed E-state index contributed by atoms with van der Waals surface area (Å²) in [6.07, 6.45) is 4.07. The van der Waals surface area contributed by atoms with Gasteiger partial charge >= 0.3 is 0 Å². The van der Waals surface area contributed by atoms with Gasteiger partial charge in [-0.05, 0) is 31.9 Å². The van der Waals surface area contributed by atoms with Gasteiger partial charge in [0.05, 0.1) is 32.1 Å². The maximum atomic E-state index is 5.54. The average Bonchev–Trinajstić information content (AvgIpc) is 2.59. The number of aliphatic imine (C=N–C) groups is 1. The first-order chi connectivity index (χ1) is 11.8. The van der Waals surface area contributed by atoms with Gasteiger partial charge in [-0.2, -0.15) is 0 Å². The zero-order chi connectivity index (χ0) is 17.5. The number of hydrogen-bond acceptors (Lipinski definition) is 4. The molecule has 0 aliphatic carbocycles. The fourth-order valence-electron chi connectivity index (χ4n) is 1.99. The molecule has 0 spiro atoms. The SMILES string of the molecule is CCCCOCCOCCNC(=NCc1ncccc1C)NCC. The second kappa shape index (κ2) is 13.7. The molecule has 0 saturated carbocycles. The Kier molecular flexibility index (Phi) is 11.7. The number of pyridine rings is 1. The fraction of sp³-hybridized carbons (Fsp3) is 0.667. The Hall–Kier alpha value is -1.66. The Morgan fingerprint density at radius 3 is 2.62 bits per heavy atom. The van der Waals surface area contributed by atoms with E-state index in [1.807, 2.05) is 13.0 Å². The number of aromatic nitrogens is 1. The summed E-state index contributed by atoms with van der Waals surface area (Å²) in [6.45, 7) is 11.1. The van der Waals surface area contributed by atoms with Gasteiger partial charge in [0, 0.05) is 25.9 Å². The fourth-order valence-corrected chi connectivity index (χ4v) is 1.99. The van der Waals surface area contributed by atoms with Crippen molar-refractivity contribution < 1.29 is 9.47 Å². The van der Waals surface area contributed by atoms with Crippen LogP contribution in [0.5, 0.6) is 0 Å². The number of rotatable bonds is 12. The summed E-state index contributed by atoms with van der Waals surface area (Å²) >= 11 is 0. The molecule has 0 fully saturated rings. The average molecular weight is 336 g/mol. The van der Waals surface area contributed by atoms with Crippen molar-refractivity contribution in [3.05, 3.63) is 29.6 Å². The Balaban J connectivity index is 2.21. The maximum absolute atomic E-state index is 5.54. The Bertz CT molecular complexity index is 466. The number of hydrogen-bond donors (Lipinski definition) is 2. The van der Waals surface area contributed by atoms with E-state index >= 15 is 0 Å². The van der Waals surface area contributed by atoms with Crippen LogP contribution in [0.15, 0.2) is 23.3 Å². The van der Waals surface area contributed by atoms with E-state index in [2.05, 4.69) is 40.5 Å². The van der Waals surface area contributed by atoms with Crippen molar-refractivity contribution in [1.29, 1.82) is 0 Å². The maximum Gasteiger partial charge on any atom is 0.191 e. The second-order valence-electron chi connectivity index (χ2n) is 5.47. The number of nitrogens with one attached hydrogen (secondary N) is 2. The van der Waals surface area contributed by atoms with Crippen LogP contribution >= 0.6 is 0 Å². The normalized spacial score (nSPS) is 11.5. The van der Waals surface area contributed by atoms with Gasteiger partial charge in [0.15, 0.2) is 5.96 Å². The highest BCUT2D eigenvalue weighted by Gasteiger charge is 2.00. The van der Waals surface area contributed by atoms with E-state index in [-0.39, 0.29) is 0 Å². The van der Waals surface area contributed by atoms with Gasteiger partial charge in [-0.25, -0.2) is 4.99 Å². The van der Waals surface area contributed by atoms with Gasteiger partial charge < -0.3 is 20.1 Å². The van der Waals surface area contributed by atoms with Crippen molar-refractivity contribution in [3.8, 4) is 0 Å². The first-order valence-corrected chi connectivity index (χ1v) is 8.86. The zero-order valence-corrected chi connectivity index (χ0v) is 15.3. The summed E-state index contributed by atoms with van der Waals surface area (Å²) in [4.78, 5) is 8.92. The summed E-state index contributed by atoms with van der Waals surface area (Å²) in [5.41, 5.74) is 2.15. The molecule has 0 atom stereocenters. The number of nitrogens with zero attached hydrogens (tertiary/aromatic N) is 2. The molecule has 0 aromatic carbocycles. The van der Waals surface area contributed by atoms with Gasteiger partial charge in [0.25, 0.3) is 0 Å². The predicted octanol–water partition coefficient (Wildman–Crippen LogP) is 2.28. The largest absolute Gasteiger partial charge is 0.379 e. The Morgan fingerprint density at radius 1 is 1.12 bits per heavy atom. The van der Waals surface area contributed by atoms with Crippen LogP contribution in [0, 0.1) is 6.92 Å². The lowest BCUT2D eigenvalue weighted by Crippen LogP contribution is -2.39. The third kappa shape index (κ3) is 9.47. The Labute approximate surface area is 146 Å². The molecule has 1 aromatic rings. The molecule has 1 heterocycles. The van der Waals surface area contributed by atoms with Crippen molar-refractivity contribution in [2.24, 2.45) is 4.99 Å².